The highest BCUT2D eigenvalue weighted by atomic mass is 16.5. The van der Waals surface area contributed by atoms with E-state index < -0.39 is 5.41 Å². The molecule has 0 radical (unpaired) electrons. The maximum Gasteiger partial charge on any atom is 0.311 e. The number of nitrogens with zero attached hydrogens (tertiary/aromatic N) is 1. The molecule has 1 rings (SSSR count). The van der Waals surface area contributed by atoms with Crippen LogP contribution in [0.3, 0.4) is 0 Å². The van der Waals surface area contributed by atoms with Gasteiger partial charge in [-0.25, -0.2) is 0 Å². The standard InChI is InChI=1S/C20H35NO5/c1-6-8-12-25-19(24)20(5,7-2)14-17(13-15(3)26-16(4)22)21-11-9-10-18(21)23/h15,17H,6-14H2,1-5H3. The van der Waals surface area contributed by atoms with E-state index in [0.717, 1.165) is 19.3 Å². The van der Waals surface area contributed by atoms with Crippen LogP contribution in [0.2, 0.25) is 0 Å². The number of esters is 2. The highest BCUT2D eigenvalue weighted by molar-refractivity contribution is 5.79. The molecule has 6 nitrogen and oxygen atoms in total. The van der Waals surface area contributed by atoms with Gasteiger partial charge in [-0.1, -0.05) is 20.3 Å². The lowest BCUT2D eigenvalue weighted by Crippen LogP contribution is -2.44. The quantitative estimate of drug-likeness (QED) is 0.412. The second kappa shape index (κ2) is 10.5. The molecule has 0 aromatic heterocycles. The Hall–Kier alpha value is -1.59. The molecule has 0 bridgehead atoms. The van der Waals surface area contributed by atoms with Gasteiger partial charge in [-0.3, -0.25) is 14.4 Å². The summed E-state index contributed by atoms with van der Waals surface area (Å²) in [4.78, 5) is 38.0. The van der Waals surface area contributed by atoms with Crippen LogP contribution in [-0.4, -0.2) is 48.0 Å². The van der Waals surface area contributed by atoms with Crippen molar-refractivity contribution >= 4 is 17.8 Å². The van der Waals surface area contributed by atoms with Gasteiger partial charge in [-0.05, 0) is 39.5 Å². The van der Waals surface area contributed by atoms with Crippen LogP contribution in [0.5, 0.6) is 0 Å². The largest absolute Gasteiger partial charge is 0.465 e. The fraction of sp³-hybridized carbons (Fsp3) is 0.850. The van der Waals surface area contributed by atoms with Crippen molar-refractivity contribution in [1.82, 2.24) is 4.90 Å². The molecule has 0 N–H and O–H groups in total. The monoisotopic (exact) mass is 369 g/mol. The number of amides is 1. The Morgan fingerprint density at radius 1 is 1.31 bits per heavy atom. The molecule has 1 fully saturated rings. The van der Waals surface area contributed by atoms with Gasteiger partial charge in [-0.15, -0.1) is 0 Å². The molecule has 3 unspecified atom stereocenters. The Labute approximate surface area is 157 Å². The highest BCUT2D eigenvalue weighted by Crippen LogP contribution is 2.34. The predicted molar refractivity (Wildman–Crippen MR) is 99.5 cm³/mol. The summed E-state index contributed by atoms with van der Waals surface area (Å²) in [6.45, 7) is 10.3. The second-order valence-corrected chi connectivity index (χ2v) is 7.61. The van der Waals surface area contributed by atoms with Crippen LogP contribution in [0, 0.1) is 5.41 Å². The summed E-state index contributed by atoms with van der Waals surface area (Å²) < 4.78 is 10.7. The molecule has 1 aliphatic rings. The molecule has 150 valence electrons. The molecule has 26 heavy (non-hydrogen) atoms. The van der Waals surface area contributed by atoms with Gasteiger partial charge in [-0.2, -0.15) is 0 Å². The van der Waals surface area contributed by atoms with E-state index in [0.29, 0.717) is 38.8 Å². The molecule has 0 spiro atoms. The van der Waals surface area contributed by atoms with Crippen LogP contribution < -0.4 is 0 Å². The van der Waals surface area contributed by atoms with Crippen molar-refractivity contribution in [3.63, 3.8) is 0 Å². The number of rotatable bonds is 11. The minimum absolute atomic E-state index is 0.114. The number of carbonyl (C=O) groups is 3. The predicted octanol–water partition coefficient (Wildman–Crippen LogP) is 3.47. The Morgan fingerprint density at radius 3 is 2.50 bits per heavy atom. The first-order chi connectivity index (χ1) is 12.2. The Kier molecular flexibility index (Phi) is 9.09. The normalized spacial score (nSPS) is 19.0. The SMILES string of the molecule is CCCCOC(=O)C(C)(CC)CC(CC(C)OC(C)=O)N1CCCC1=O. The van der Waals surface area contributed by atoms with Gasteiger partial charge in [0.2, 0.25) is 5.91 Å². The lowest BCUT2D eigenvalue weighted by molar-refractivity contribution is -0.158. The summed E-state index contributed by atoms with van der Waals surface area (Å²) in [6, 6.07) is -0.136. The molecule has 3 atom stereocenters. The molecule has 1 saturated heterocycles. The fourth-order valence-electron chi connectivity index (χ4n) is 3.47. The summed E-state index contributed by atoms with van der Waals surface area (Å²) in [6.07, 6.45) is 4.59. The highest BCUT2D eigenvalue weighted by Gasteiger charge is 2.40. The Balaban J connectivity index is 2.87. The zero-order chi connectivity index (χ0) is 19.7. The minimum atomic E-state index is -0.656. The van der Waals surface area contributed by atoms with Crippen molar-refractivity contribution < 1.29 is 23.9 Å². The van der Waals surface area contributed by atoms with E-state index in [2.05, 4.69) is 6.92 Å². The maximum absolute atomic E-state index is 12.7. The van der Waals surface area contributed by atoms with Crippen molar-refractivity contribution in [1.29, 1.82) is 0 Å². The third-order valence-corrected chi connectivity index (χ3v) is 5.21. The van der Waals surface area contributed by atoms with Crippen LogP contribution in [0.1, 0.15) is 79.6 Å². The van der Waals surface area contributed by atoms with Crippen LogP contribution >= 0.6 is 0 Å². The van der Waals surface area contributed by atoms with Crippen molar-refractivity contribution in [3.05, 3.63) is 0 Å². The third-order valence-electron chi connectivity index (χ3n) is 5.21. The van der Waals surface area contributed by atoms with Gasteiger partial charge < -0.3 is 14.4 Å². The number of hydrogen-bond donors (Lipinski definition) is 0. The number of carbonyl (C=O) groups excluding carboxylic acids is 3. The summed E-state index contributed by atoms with van der Waals surface area (Å²) in [5.41, 5.74) is -0.656. The smallest absolute Gasteiger partial charge is 0.311 e. The topological polar surface area (TPSA) is 72.9 Å². The number of likely N-dealkylation sites (tertiary alicyclic amines) is 1. The van der Waals surface area contributed by atoms with E-state index in [-0.39, 0.29) is 30.0 Å². The van der Waals surface area contributed by atoms with Crippen LogP contribution in [-0.2, 0) is 23.9 Å². The van der Waals surface area contributed by atoms with E-state index in [1.807, 2.05) is 25.7 Å². The zero-order valence-electron chi connectivity index (χ0n) is 17.0. The molecule has 1 aliphatic heterocycles. The van der Waals surface area contributed by atoms with E-state index in [9.17, 15) is 14.4 Å². The van der Waals surface area contributed by atoms with Gasteiger partial charge in [0, 0.05) is 32.4 Å². The Bertz CT molecular complexity index is 493. The first kappa shape index (κ1) is 22.5. The molecular weight excluding hydrogens is 334 g/mol. The molecule has 1 heterocycles. The number of ether oxygens (including phenoxy) is 2. The van der Waals surface area contributed by atoms with Gasteiger partial charge in [0.15, 0.2) is 0 Å². The molecule has 0 aromatic rings. The van der Waals surface area contributed by atoms with Crippen molar-refractivity contribution in [2.24, 2.45) is 5.41 Å². The van der Waals surface area contributed by atoms with E-state index in [1.165, 1.54) is 6.92 Å². The average molecular weight is 370 g/mol. The first-order valence-electron chi connectivity index (χ1n) is 9.87. The van der Waals surface area contributed by atoms with Crippen molar-refractivity contribution in [2.75, 3.05) is 13.2 Å². The van der Waals surface area contributed by atoms with Crippen LogP contribution in [0.15, 0.2) is 0 Å². The van der Waals surface area contributed by atoms with Crippen LogP contribution in [0.25, 0.3) is 0 Å². The Morgan fingerprint density at radius 2 is 2.00 bits per heavy atom. The lowest BCUT2D eigenvalue weighted by atomic mass is 9.79. The molecule has 1 amide bonds. The zero-order valence-corrected chi connectivity index (χ0v) is 17.0. The van der Waals surface area contributed by atoms with Gasteiger partial charge in [0.25, 0.3) is 0 Å². The third kappa shape index (κ3) is 6.61. The van der Waals surface area contributed by atoms with Gasteiger partial charge in [0.05, 0.1) is 12.0 Å². The van der Waals surface area contributed by atoms with Crippen molar-refractivity contribution in [2.45, 2.75) is 91.7 Å². The summed E-state index contributed by atoms with van der Waals surface area (Å²) >= 11 is 0. The van der Waals surface area contributed by atoms with Crippen LogP contribution in [0.4, 0.5) is 0 Å². The number of unbranched alkanes of at least 4 members (excludes halogenated alkanes) is 1. The van der Waals surface area contributed by atoms with E-state index in [4.69, 9.17) is 9.47 Å². The van der Waals surface area contributed by atoms with Gasteiger partial charge in [0.1, 0.15) is 6.10 Å². The summed E-state index contributed by atoms with van der Waals surface area (Å²) in [5.74, 6) is -0.422. The van der Waals surface area contributed by atoms with E-state index >= 15 is 0 Å². The van der Waals surface area contributed by atoms with E-state index in [1.54, 1.807) is 0 Å². The average Bonchev–Trinajstić information content (AvgIpc) is 2.99. The molecule has 0 saturated carbocycles. The maximum atomic E-state index is 12.7. The molecule has 6 heteroatoms. The van der Waals surface area contributed by atoms with Crippen molar-refractivity contribution in [3.8, 4) is 0 Å². The molecule has 0 aromatic carbocycles. The summed E-state index contributed by atoms with van der Waals surface area (Å²) in [5, 5.41) is 0. The first-order valence-corrected chi connectivity index (χ1v) is 9.87. The lowest BCUT2D eigenvalue weighted by Gasteiger charge is -2.36. The summed E-state index contributed by atoms with van der Waals surface area (Å²) in [7, 11) is 0. The molecular formula is C20H35NO5. The minimum Gasteiger partial charge on any atom is -0.465 e. The fourth-order valence-corrected chi connectivity index (χ4v) is 3.47. The second-order valence-electron chi connectivity index (χ2n) is 7.61. The number of hydrogen-bond acceptors (Lipinski definition) is 5. The molecule has 0 aliphatic carbocycles. The van der Waals surface area contributed by atoms with Gasteiger partial charge >= 0.3 is 11.9 Å².